The lowest BCUT2D eigenvalue weighted by Gasteiger charge is -2.47. The molecule has 1 aromatic heterocycles. The van der Waals surface area contributed by atoms with Crippen molar-refractivity contribution in [2.75, 3.05) is 4.90 Å². The molecule has 0 fully saturated rings. The standard InChI is InChI=1S/C52H36Br2N2/c1-51(2)43-22-8-6-20-39(43)40-27-26-38(30-45(40)51)56-48-25-11-9-23-44(48)52(33-14-12-16-35(53)28-33,34-15-13-17-36(54)29-34)46-31-42-41-21-7-10-24-47(41)55(49(42)32-50(46)56)37-18-4-3-5-19-37/h3-32H,1-2H3. The van der Waals surface area contributed by atoms with Gasteiger partial charge < -0.3 is 9.47 Å². The molecule has 268 valence electrons. The van der Waals surface area contributed by atoms with Gasteiger partial charge in [-0.1, -0.05) is 155 Å². The molecule has 4 heteroatoms. The van der Waals surface area contributed by atoms with Gasteiger partial charge in [-0.25, -0.2) is 0 Å². The van der Waals surface area contributed by atoms with Gasteiger partial charge in [-0.3, -0.25) is 0 Å². The molecule has 56 heavy (non-hydrogen) atoms. The molecule has 0 N–H and O–H groups in total. The average Bonchev–Trinajstić information content (AvgIpc) is 3.67. The van der Waals surface area contributed by atoms with E-state index in [1.165, 1.54) is 66.3 Å². The largest absolute Gasteiger partial charge is 0.310 e. The van der Waals surface area contributed by atoms with Crippen molar-refractivity contribution in [1.29, 1.82) is 0 Å². The zero-order chi connectivity index (χ0) is 37.8. The number of para-hydroxylation sites is 3. The van der Waals surface area contributed by atoms with Crippen LogP contribution in [0.15, 0.2) is 191 Å². The monoisotopic (exact) mass is 846 g/mol. The normalized spacial score (nSPS) is 14.7. The molecule has 0 unspecified atom stereocenters. The molecule has 9 aromatic rings. The molecule has 1 aliphatic heterocycles. The second-order valence-corrected chi connectivity index (χ2v) is 17.4. The molecule has 0 amide bonds. The van der Waals surface area contributed by atoms with Crippen LogP contribution in [-0.4, -0.2) is 4.57 Å². The number of anilines is 3. The van der Waals surface area contributed by atoms with Gasteiger partial charge in [0.1, 0.15) is 0 Å². The number of aromatic nitrogens is 1. The molecule has 0 spiro atoms. The fourth-order valence-electron chi connectivity index (χ4n) is 9.95. The molecule has 0 radical (unpaired) electrons. The first-order valence-corrected chi connectivity index (χ1v) is 20.7. The van der Waals surface area contributed by atoms with Crippen LogP contribution in [0.1, 0.15) is 47.2 Å². The molecule has 1 aliphatic carbocycles. The lowest BCUT2D eigenvalue weighted by atomic mass is 9.62. The number of fused-ring (bicyclic) bond motifs is 8. The summed E-state index contributed by atoms with van der Waals surface area (Å²) in [5.41, 5.74) is 16.4. The molecular weight excluding hydrogens is 812 g/mol. The minimum absolute atomic E-state index is 0.139. The Morgan fingerprint density at radius 1 is 0.411 bits per heavy atom. The number of hydrogen-bond donors (Lipinski definition) is 0. The molecule has 2 aliphatic rings. The van der Waals surface area contributed by atoms with E-state index in [1.54, 1.807) is 0 Å². The Morgan fingerprint density at radius 3 is 1.80 bits per heavy atom. The van der Waals surface area contributed by atoms with Crippen molar-refractivity contribution in [1.82, 2.24) is 4.57 Å². The van der Waals surface area contributed by atoms with Gasteiger partial charge in [-0.05, 0) is 117 Å². The predicted molar refractivity (Wildman–Crippen MR) is 240 cm³/mol. The van der Waals surface area contributed by atoms with Crippen molar-refractivity contribution in [2.45, 2.75) is 24.7 Å². The number of rotatable bonds is 4. The van der Waals surface area contributed by atoms with Crippen LogP contribution in [0.2, 0.25) is 0 Å². The maximum atomic E-state index is 3.90. The summed E-state index contributed by atoms with van der Waals surface area (Å²) in [5, 5.41) is 2.46. The second-order valence-electron chi connectivity index (χ2n) is 15.6. The number of benzene rings is 8. The molecule has 2 heterocycles. The molecule has 11 rings (SSSR count). The Hall–Kier alpha value is -5.68. The third kappa shape index (κ3) is 4.66. The Kier molecular flexibility index (Phi) is 7.46. The lowest BCUT2D eigenvalue weighted by molar-refractivity contribution is 0.660. The van der Waals surface area contributed by atoms with E-state index in [0.29, 0.717) is 0 Å². The molecule has 0 saturated heterocycles. The van der Waals surface area contributed by atoms with Crippen molar-refractivity contribution >= 4 is 70.7 Å². The number of nitrogens with zero attached hydrogens (tertiary/aromatic N) is 2. The molecule has 0 bridgehead atoms. The Balaban J connectivity index is 1.31. The van der Waals surface area contributed by atoms with Gasteiger partial charge in [0.05, 0.1) is 27.8 Å². The zero-order valence-corrected chi connectivity index (χ0v) is 34.1. The maximum Gasteiger partial charge on any atom is 0.0743 e. The van der Waals surface area contributed by atoms with E-state index >= 15 is 0 Å². The van der Waals surface area contributed by atoms with Gasteiger partial charge in [0.25, 0.3) is 0 Å². The smallest absolute Gasteiger partial charge is 0.0743 e. The van der Waals surface area contributed by atoms with Gasteiger partial charge in [-0.2, -0.15) is 0 Å². The van der Waals surface area contributed by atoms with Crippen molar-refractivity contribution < 1.29 is 0 Å². The van der Waals surface area contributed by atoms with Crippen LogP contribution < -0.4 is 4.90 Å². The summed E-state index contributed by atoms with van der Waals surface area (Å²) < 4.78 is 4.53. The van der Waals surface area contributed by atoms with Crippen LogP contribution >= 0.6 is 31.9 Å². The van der Waals surface area contributed by atoms with Gasteiger partial charge in [0, 0.05) is 36.5 Å². The van der Waals surface area contributed by atoms with Crippen molar-refractivity contribution in [3.8, 4) is 16.8 Å². The highest BCUT2D eigenvalue weighted by atomic mass is 79.9. The van der Waals surface area contributed by atoms with E-state index < -0.39 is 5.41 Å². The van der Waals surface area contributed by atoms with Gasteiger partial charge in [-0.15, -0.1) is 0 Å². The van der Waals surface area contributed by atoms with E-state index in [9.17, 15) is 0 Å². The molecule has 0 atom stereocenters. The van der Waals surface area contributed by atoms with E-state index in [1.807, 2.05) is 0 Å². The van der Waals surface area contributed by atoms with Crippen LogP contribution in [0.3, 0.4) is 0 Å². The SMILES string of the molecule is CC1(C)c2ccccc2-c2ccc(N3c4ccccc4C(c4cccc(Br)c4)(c4cccc(Br)c4)c4cc5c6ccccc6n(-c6ccccc6)c5cc43)cc21. The summed E-state index contributed by atoms with van der Waals surface area (Å²) in [4.78, 5) is 2.53. The number of hydrogen-bond acceptors (Lipinski definition) is 1. The molecular formula is C52H36Br2N2. The summed E-state index contributed by atoms with van der Waals surface area (Å²) in [6, 6.07) is 67.5. The first-order valence-electron chi connectivity index (χ1n) is 19.1. The van der Waals surface area contributed by atoms with Crippen molar-refractivity contribution in [2.24, 2.45) is 0 Å². The van der Waals surface area contributed by atoms with Crippen LogP contribution in [-0.2, 0) is 10.8 Å². The third-order valence-corrected chi connectivity index (χ3v) is 13.3. The summed E-state index contributed by atoms with van der Waals surface area (Å²) in [5.74, 6) is 0. The molecule has 2 nitrogen and oxygen atoms in total. The fraction of sp³-hybridized carbons (Fsp3) is 0.0769. The van der Waals surface area contributed by atoms with E-state index in [2.05, 4.69) is 237 Å². The number of halogens is 2. The average molecular weight is 849 g/mol. The summed E-state index contributed by atoms with van der Waals surface area (Å²) >= 11 is 7.80. The zero-order valence-electron chi connectivity index (χ0n) is 31.0. The fourth-order valence-corrected chi connectivity index (χ4v) is 10.7. The highest BCUT2D eigenvalue weighted by Crippen LogP contribution is 2.60. The highest BCUT2D eigenvalue weighted by molar-refractivity contribution is 9.10. The van der Waals surface area contributed by atoms with E-state index in [0.717, 1.165) is 31.7 Å². The molecule has 8 aromatic carbocycles. The van der Waals surface area contributed by atoms with E-state index in [4.69, 9.17) is 0 Å². The Morgan fingerprint density at radius 2 is 1.05 bits per heavy atom. The first kappa shape index (κ1) is 33.6. The Labute approximate surface area is 343 Å². The Bertz CT molecular complexity index is 3000. The van der Waals surface area contributed by atoms with E-state index in [-0.39, 0.29) is 5.41 Å². The second kappa shape index (κ2) is 12.4. The summed E-state index contributed by atoms with van der Waals surface area (Å²) in [7, 11) is 0. The van der Waals surface area contributed by atoms with Crippen LogP contribution in [0, 0.1) is 0 Å². The summed E-state index contributed by atoms with van der Waals surface area (Å²) in [6.45, 7) is 4.74. The maximum absolute atomic E-state index is 3.90. The van der Waals surface area contributed by atoms with Crippen molar-refractivity contribution in [3.05, 3.63) is 224 Å². The minimum Gasteiger partial charge on any atom is -0.310 e. The van der Waals surface area contributed by atoms with Crippen LogP contribution in [0.25, 0.3) is 38.6 Å². The predicted octanol–water partition coefficient (Wildman–Crippen LogP) is 14.8. The minimum atomic E-state index is -0.660. The summed E-state index contributed by atoms with van der Waals surface area (Å²) in [6.07, 6.45) is 0. The topological polar surface area (TPSA) is 8.17 Å². The van der Waals surface area contributed by atoms with Crippen LogP contribution in [0.5, 0.6) is 0 Å². The lowest BCUT2D eigenvalue weighted by Crippen LogP contribution is -2.38. The van der Waals surface area contributed by atoms with Crippen LogP contribution in [0.4, 0.5) is 17.1 Å². The van der Waals surface area contributed by atoms with Crippen molar-refractivity contribution in [3.63, 3.8) is 0 Å². The third-order valence-electron chi connectivity index (χ3n) is 12.3. The van der Waals surface area contributed by atoms with Gasteiger partial charge >= 0.3 is 0 Å². The van der Waals surface area contributed by atoms with Gasteiger partial charge in [0.15, 0.2) is 0 Å². The highest BCUT2D eigenvalue weighted by Gasteiger charge is 2.47. The quantitative estimate of drug-likeness (QED) is 0.171. The van der Waals surface area contributed by atoms with Gasteiger partial charge in [0.2, 0.25) is 0 Å². The first-order chi connectivity index (χ1) is 27.4. The molecule has 0 saturated carbocycles.